The lowest BCUT2D eigenvalue weighted by atomic mass is 9.79. The molecule has 0 aromatic carbocycles. The van der Waals surface area contributed by atoms with E-state index in [1.807, 2.05) is 0 Å². The Morgan fingerprint density at radius 1 is 0.455 bits per heavy atom. The van der Waals surface area contributed by atoms with Crippen molar-refractivity contribution < 1.29 is 18.9 Å². The lowest BCUT2D eigenvalue weighted by Gasteiger charge is -2.61. The van der Waals surface area contributed by atoms with Gasteiger partial charge in [-0.3, -0.25) is 0 Å². The number of rotatable bonds is 0. The fourth-order valence-corrected chi connectivity index (χ4v) is 5.94. The van der Waals surface area contributed by atoms with Crippen LogP contribution in [0.3, 0.4) is 0 Å². The van der Waals surface area contributed by atoms with E-state index in [0.29, 0.717) is 0 Å². The minimum absolute atomic E-state index is 0.262. The highest BCUT2D eigenvalue weighted by molar-refractivity contribution is 5.14. The quantitative estimate of drug-likeness (QED) is 0.684. The van der Waals surface area contributed by atoms with Gasteiger partial charge in [-0.2, -0.15) is 0 Å². The molecule has 0 aromatic heterocycles. The van der Waals surface area contributed by atoms with Crippen molar-refractivity contribution in [2.45, 2.75) is 99.8 Å². The van der Waals surface area contributed by atoms with Gasteiger partial charge in [-0.05, 0) is 38.5 Å². The minimum Gasteiger partial charge on any atom is -0.347 e. The second kappa shape index (κ2) is 4.69. The fraction of sp³-hybridized carbons (Fsp3) is 1.00. The molecule has 4 spiro atoms. The molecule has 0 amide bonds. The smallest absolute Gasteiger partial charge is 0.198 e. The summed E-state index contributed by atoms with van der Waals surface area (Å²) in [5.74, 6) is -0.990. The Morgan fingerprint density at radius 3 is 1.18 bits per heavy atom. The van der Waals surface area contributed by atoms with Gasteiger partial charge in [0, 0.05) is 12.8 Å². The maximum Gasteiger partial charge on any atom is 0.198 e. The Kier molecular flexibility index (Phi) is 3.03. The molecule has 3 heterocycles. The van der Waals surface area contributed by atoms with E-state index in [0.717, 1.165) is 64.6 Å². The molecule has 22 heavy (non-hydrogen) atoms. The molecule has 4 nitrogen and oxygen atoms in total. The van der Waals surface area contributed by atoms with Gasteiger partial charge in [0.1, 0.15) is 11.2 Å². The number of hydrogen-bond donors (Lipinski definition) is 0. The van der Waals surface area contributed by atoms with Crippen LogP contribution in [-0.2, 0) is 18.9 Å². The van der Waals surface area contributed by atoms with Gasteiger partial charge in [0.25, 0.3) is 0 Å². The van der Waals surface area contributed by atoms with Gasteiger partial charge in [-0.25, -0.2) is 0 Å². The molecule has 2 saturated carbocycles. The van der Waals surface area contributed by atoms with Crippen LogP contribution in [0.2, 0.25) is 0 Å². The maximum absolute atomic E-state index is 6.99. The van der Waals surface area contributed by atoms with E-state index in [9.17, 15) is 0 Å². The van der Waals surface area contributed by atoms with Crippen molar-refractivity contribution in [3.8, 4) is 0 Å². The standard InChI is InChI=1S/C18H28O4/c1-2-8-15(7-1)17(11-5-13-19-17)22-16(9-3-4-10-16)18(21-15)12-6-14-20-18/h1-14H2/t17-,18-/m0/s1. The Hall–Kier alpha value is -0.160. The van der Waals surface area contributed by atoms with Crippen LogP contribution < -0.4 is 0 Å². The zero-order valence-electron chi connectivity index (χ0n) is 13.5. The number of fused-ring (bicyclic) bond motifs is 2. The first kappa shape index (κ1) is 14.2. The summed E-state index contributed by atoms with van der Waals surface area (Å²) in [6.07, 6.45) is 13.3. The highest BCUT2D eigenvalue weighted by Crippen LogP contribution is 2.63. The predicted molar refractivity (Wildman–Crippen MR) is 80.4 cm³/mol. The second-order valence-corrected chi connectivity index (χ2v) is 8.02. The number of hydrogen-bond acceptors (Lipinski definition) is 4. The van der Waals surface area contributed by atoms with E-state index in [1.54, 1.807) is 0 Å². The van der Waals surface area contributed by atoms with Gasteiger partial charge < -0.3 is 18.9 Å². The van der Waals surface area contributed by atoms with Crippen molar-refractivity contribution in [2.75, 3.05) is 13.2 Å². The summed E-state index contributed by atoms with van der Waals surface area (Å²) in [6.45, 7) is 1.63. The molecule has 2 atom stereocenters. The summed E-state index contributed by atoms with van der Waals surface area (Å²) >= 11 is 0. The van der Waals surface area contributed by atoms with Crippen LogP contribution in [0.4, 0.5) is 0 Å². The van der Waals surface area contributed by atoms with E-state index in [2.05, 4.69) is 0 Å². The summed E-state index contributed by atoms with van der Waals surface area (Å²) in [5, 5.41) is 0. The van der Waals surface area contributed by atoms with E-state index in [1.165, 1.54) is 25.7 Å². The Balaban J connectivity index is 1.60. The van der Waals surface area contributed by atoms with Gasteiger partial charge in [0.15, 0.2) is 11.6 Å². The molecule has 124 valence electrons. The normalized spacial score (nSPS) is 45.8. The molecule has 0 bridgehead atoms. The molecule has 5 fully saturated rings. The Labute approximate surface area is 132 Å². The van der Waals surface area contributed by atoms with Crippen LogP contribution in [0.1, 0.15) is 77.0 Å². The van der Waals surface area contributed by atoms with Crippen molar-refractivity contribution in [2.24, 2.45) is 0 Å². The van der Waals surface area contributed by atoms with Crippen LogP contribution >= 0.6 is 0 Å². The van der Waals surface area contributed by atoms with Crippen LogP contribution in [0.25, 0.3) is 0 Å². The van der Waals surface area contributed by atoms with Gasteiger partial charge in [0.05, 0.1) is 13.2 Å². The minimum atomic E-state index is -0.495. The SMILES string of the molecule is C1CCC2(C1)O[C@@]1(CCCO1)C1(CCCC1)O[C@@]21CCCO1. The van der Waals surface area contributed by atoms with Gasteiger partial charge in [-0.15, -0.1) is 0 Å². The van der Waals surface area contributed by atoms with Gasteiger partial charge in [0.2, 0.25) is 0 Å². The number of ether oxygens (including phenoxy) is 4. The molecule has 0 radical (unpaired) electrons. The van der Waals surface area contributed by atoms with Crippen molar-refractivity contribution in [1.82, 2.24) is 0 Å². The highest BCUT2D eigenvalue weighted by atomic mass is 16.8. The molecule has 0 N–H and O–H groups in total. The topological polar surface area (TPSA) is 36.9 Å². The first-order valence-electron chi connectivity index (χ1n) is 9.42. The summed E-state index contributed by atoms with van der Waals surface area (Å²) in [5.41, 5.74) is -0.524. The lowest BCUT2D eigenvalue weighted by molar-refractivity contribution is -0.484. The third kappa shape index (κ3) is 1.62. The van der Waals surface area contributed by atoms with Crippen molar-refractivity contribution in [1.29, 1.82) is 0 Å². The van der Waals surface area contributed by atoms with Crippen molar-refractivity contribution >= 4 is 0 Å². The molecule has 5 rings (SSSR count). The molecule has 0 unspecified atom stereocenters. The monoisotopic (exact) mass is 308 g/mol. The average molecular weight is 308 g/mol. The van der Waals surface area contributed by atoms with Crippen molar-refractivity contribution in [3.63, 3.8) is 0 Å². The first-order valence-corrected chi connectivity index (χ1v) is 9.42. The molecular weight excluding hydrogens is 280 g/mol. The second-order valence-electron chi connectivity index (χ2n) is 8.02. The van der Waals surface area contributed by atoms with E-state index in [-0.39, 0.29) is 11.2 Å². The Morgan fingerprint density at radius 2 is 0.864 bits per heavy atom. The van der Waals surface area contributed by atoms with Gasteiger partial charge >= 0.3 is 0 Å². The van der Waals surface area contributed by atoms with Crippen LogP contribution in [0.15, 0.2) is 0 Å². The molecule has 5 aliphatic rings. The average Bonchev–Trinajstić information content (AvgIpc) is 3.25. The molecule has 0 aromatic rings. The van der Waals surface area contributed by atoms with Gasteiger partial charge in [-0.1, -0.05) is 25.7 Å². The largest absolute Gasteiger partial charge is 0.347 e. The maximum atomic E-state index is 6.99. The molecule has 4 heteroatoms. The molecule has 3 saturated heterocycles. The lowest BCUT2D eigenvalue weighted by Crippen LogP contribution is -2.74. The summed E-state index contributed by atoms with van der Waals surface area (Å²) in [7, 11) is 0. The summed E-state index contributed by atoms with van der Waals surface area (Å²) in [4.78, 5) is 0. The molecule has 2 aliphatic carbocycles. The zero-order valence-corrected chi connectivity index (χ0v) is 13.5. The Bertz CT molecular complexity index is 354. The predicted octanol–water partition coefficient (Wildman–Crippen LogP) is 3.67. The zero-order chi connectivity index (χ0) is 14.7. The molecular formula is C18H28O4. The van der Waals surface area contributed by atoms with Crippen molar-refractivity contribution in [3.05, 3.63) is 0 Å². The van der Waals surface area contributed by atoms with E-state index in [4.69, 9.17) is 18.9 Å². The third-order valence-corrected chi connectivity index (χ3v) is 6.90. The molecule has 3 aliphatic heterocycles. The summed E-state index contributed by atoms with van der Waals surface area (Å²) in [6, 6.07) is 0. The third-order valence-electron chi connectivity index (χ3n) is 6.90. The van der Waals surface area contributed by atoms with Crippen LogP contribution in [0, 0.1) is 0 Å². The van der Waals surface area contributed by atoms with E-state index >= 15 is 0 Å². The van der Waals surface area contributed by atoms with Crippen LogP contribution in [-0.4, -0.2) is 36.0 Å². The van der Waals surface area contributed by atoms with Crippen LogP contribution in [0.5, 0.6) is 0 Å². The fourth-order valence-electron chi connectivity index (χ4n) is 5.94. The highest BCUT2D eigenvalue weighted by Gasteiger charge is 2.73. The van der Waals surface area contributed by atoms with E-state index < -0.39 is 11.6 Å². The summed E-state index contributed by atoms with van der Waals surface area (Å²) < 4.78 is 26.6. The first-order chi connectivity index (χ1) is 10.7.